The fraction of sp³-hybridized carbons (Fsp3) is 0.474. The molecule has 2 aromatic rings. The molecule has 1 aromatic heterocycles. The van der Waals surface area contributed by atoms with Gasteiger partial charge in [0.2, 0.25) is 5.91 Å². The van der Waals surface area contributed by atoms with E-state index >= 15 is 0 Å². The third kappa shape index (κ3) is 4.45. The summed E-state index contributed by atoms with van der Waals surface area (Å²) in [6.07, 6.45) is 4.06. The van der Waals surface area contributed by atoms with Crippen LogP contribution < -0.4 is 10.6 Å². The van der Waals surface area contributed by atoms with E-state index in [1.165, 1.54) is 12.1 Å². The molecule has 3 N–H and O–H groups in total. The molecule has 0 bridgehead atoms. The molecular weight excluding hydrogens is 319 g/mol. The van der Waals surface area contributed by atoms with Crippen molar-refractivity contribution in [3.63, 3.8) is 0 Å². The minimum atomic E-state index is -0.277. The Balaban J connectivity index is 1.66. The van der Waals surface area contributed by atoms with Crippen LogP contribution in [0.15, 0.2) is 30.3 Å². The zero-order valence-corrected chi connectivity index (χ0v) is 14.5. The summed E-state index contributed by atoms with van der Waals surface area (Å²) in [5, 5.41) is 13.4. The molecule has 2 heterocycles. The lowest BCUT2D eigenvalue weighted by molar-refractivity contribution is -0.121. The van der Waals surface area contributed by atoms with E-state index in [9.17, 15) is 9.18 Å². The number of halogens is 1. The minimum absolute atomic E-state index is 0.00544. The topological polar surface area (TPSA) is 69.8 Å². The molecule has 3 rings (SSSR count). The number of hydrogen-bond donors (Lipinski definition) is 3. The molecule has 134 valence electrons. The molecule has 0 aliphatic carbocycles. The van der Waals surface area contributed by atoms with E-state index in [0.717, 1.165) is 50.0 Å². The van der Waals surface area contributed by atoms with Crippen molar-refractivity contribution in [1.82, 2.24) is 15.5 Å². The molecule has 1 aromatic carbocycles. The minimum Gasteiger partial charge on any atom is -0.317 e. The lowest BCUT2D eigenvalue weighted by atomic mass is 9.84. The smallest absolute Gasteiger partial charge is 0.228 e. The Morgan fingerprint density at radius 3 is 2.88 bits per heavy atom. The van der Waals surface area contributed by atoms with Crippen LogP contribution in [-0.2, 0) is 4.79 Å². The maximum absolute atomic E-state index is 13.0. The molecule has 0 spiro atoms. The Hall–Kier alpha value is -2.21. The molecule has 2 unspecified atom stereocenters. The van der Waals surface area contributed by atoms with Crippen molar-refractivity contribution >= 4 is 11.7 Å². The second-order valence-electron chi connectivity index (χ2n) is 6.62. The summed E-state index contributed by atoms with van der Waals surface area (Å²) in [7, 11) is 0. The first-order valence-corrected chi connectivity index (χ1v) is 9.00. The van der Waals surface area contributed by atoms with E-state index in [2.05, 4.69) is 27.8 Å². The quantitative estimate of drug-likeness (QED) is 0.776. The van der Waals surface area contributed by atoms with Gasteiger partial charge in [-0.1, -0.05) is 6.92 Å². The van der Waals surface area contributed by atoms with Gasteiger partial charge in [0, 0.05) is 12.0 Å². The fourth-order valence-electron chi connectivity index (χ4n) is 3.56. The Labute approximate surface area is 147 Å². The van der Waals surface area contributed by atoms with Gasteiger partial charge in [-0.2, -0.15) is 5.10 Å². The number of nitrogens with one attached hydrogen (secondary N) is 3. The van der Waals surface area contributed by atoms with Crippen LogP contribution in [0.25, 0.3) is 11.3 Å². The van der Waals surface area contributed by atoms with Gasteiger partial charge < -0.3 is 10.6 Å². The molecule has 0 saturated carbocycles. The molecular formula is C19H25FN4O. The Morgan fingerprint density at radius 2 is 2.12 bits per heavy atom. The highest BCUT2D eigenvalue weighted by Gasteiger charge is 2.27. The first-order valence-electron chi connectivity index (χ1n) is 9.00. The largest absolute Gasteiger partial charge is 0.317 e. The molecule has 1 saturated heterocycles. The predicted octanol–water partition coefficient (Wildman–Crippen LogP) is 3.57. The SMILES string of the molecule is CCC(C(=O)Nc1cc(-c2ccc(F)cc2)[nH]n1)C1CCCNCC1. The molecule has 1 amide bonds. The standard InChI is InChI=1S/C19H25FN4O/c1-2-16(13-4-3-10-21-11-9-13)19(25)22-18-12-17(23-24-18)14-5-7-15(20)8-6-14/h5-8,12-13,16,21H,2-4,9-11H2,1H3,(H2,22,23,24,25). The van der Waals surface area contributed by atoms with Crippen molar-refractivity contribution in [2.75, 3.05) is 18.4 Å². The highest BCUT2D eigenvalue weighted by molar-refractivity contribution is 5.92. The number of rotatable bonds is 5. The van der Waals surface area contributed by atoms with Crippen molar-refractivity contribution in [2.24, 2.45) is 11.8 Å². The van der Waals surface area contributed by atoms with Crippen molar-refractivity contribution in [1.29, 1.82) is 0 Å². The predicted molar refractivity (Wildman–Crippen MR) is 96.6 cm³/mol. The number of aromatic amines is 1. The van der Waals surface area contributed by atoms with E-state index in [1.54, 1.807) is 18.2 Å². The van der Waals surface area contributed by atoms with E-state index < -0.39 is 0 Å². The highest BCUT2D eigenvalue weighted by atomic mass is 19.1. The Kier molecular flexibility index (Phi) is 5.81. The van der Waals surface area contributed by atoms with E-state index in [0.29, 0.717) is 11.7 Å². The van der Waals surface area contributed by atoms with Gasteiger partial charge in [-0.25, -0.2) is 4.39 Å². The van der Waals surface area contributed by atoms with Crippen LogP contribution in [-0.4, -0.2) is 29.2 Å². The summed E-state index contributed by atoms with van der Waals surface area (Å²) in [5.41, 5.74) is 1.58. The van der Waals surface area contributed by atoms with Gasteiger partial charge in [0.15, 0.2) is 5.82 Å². The van der Waals surface area contributed by atoms with E-state index in [4.69, 9.17) is 0 Å². The van der Waals surface area contributed by atoms with Gasteiger partial charge in [-0.3, -0.25) is 9.89 Å². The summed E-state index contributed by atoms with van der Waals surface area (Å²) in [6, 6.07) is 7.96. The number of anilines is 1. The first kappa shape index (κ1) is 17.6. The molecule has 1 aliphatic rings. The third-order valence-electron chi connectivity index (χ3n) is 4.95. The maximum Gasteiger partial charge on any atom is 0.228 e. The second kappa shape index (κ2) is 8.25. The third-order valence-corrected chi connectivity index (χ3v) is 4.95. The van der Waals surface area contributed by atoms with Gasteiger partial charge in [-0.05, 0) is 74.5 Å². The van der Waals surface area contributed by atoms with Gasteiger partial charge in [-0.15, -0.1) is 0 Å². The zero-order chi connectivity index (χ0) is 17.6. The summed E-state index contributed by atoms with van der Waals surface area (Å²) in [6.45, 7) is 4.08. The monoisotopic (exact) mass is 344 g/mol. The number of aromatic nitrogens is 2. The van der Waals surface area contributed by atoms with Crippen LogP contribution in [0.5, 0.6) is 0 Å². The molecule has 0 radical (unpaired) electrons. The van der Waals surface area contributed by atoms with Gasteiger partial charge in [0.05, 0.1) is 5.69 Å². The molecule has 1 fully saturated rings. The van der Waals surface area contributed by atoms with E-state index in [1.807, 2.05) is 0 Å². The number of benzene rings is 1. The van der Waals surface area contributed by atoms with Crippen LogP contribution in [0.4, 0.5) is 10.2 Å². The van der Waals surface area contributed by atoms with Crippen molar-refractivity contribution in [3.05, 3.63) is 36.1 Å². The number of amides is 1. The molecule has 2 atom stereocenters. The molecule has 25 heavy (non-hydrogen) atoms. The number of carbonyl (C=O) groups excluding carboxylic acids is 1. The van der Waals surface area contributed by atoms with Gasteiger partial charge in [0.25, 0.3) is 0 Å². The average molecular weight is 344 g/mol. The van der Waals surface area contributed by atoms with E-state index in [-0.39, 0.29) is 17.6 Å². The lowest BCUT2D eigenvalue weighted by Crippen LogP contribution is -2.29. The van der Waals surface area contributed by atoms with Gasteiger partial charge in [0.1, 0.15) is 5.82 Å². The van der Waals surface area contributed by atoms with Crippen LogP contribution in [0.1, 0.15) is 32.6 Å². The number of carbonyl (C=O) groups is 1. The van der Waals surface area contributed by atoms with Gasteiger partial charge >= 0.3 is 0 Å². The number of nitrogens with zero attached hydrogens (tertiary/aromatic N) is 1. The second-order valence-corrected chi connectivity index (χ2v) is 6.62. The Bertz CT molecular complexity index is 690. The molecule has 5 nitrogen and oxygen atoms in total. The van der Waals surface area contributed by atoms with Crippen LogP contribution in [0.2, 0.25) is 0 Å². The molecule has 6 heteroatoms. The normalized spacial score (nSPS) is 19.2. The van der Waals surface area contributed by atoms with Crippen molar-refractivity contribution in [2.45, 2.75) is 32.6 Å². The highest BCUT2D eigenvalue weighted by Crippen LogP contribution is 2.27. The van der Waals surface area contributed by atoms with Crippen LogP contribution >= 0.6 is 0 Å². The summed E-state index contributed by atoms with van der Waals surface area (Å²) < 4.78 is 13.0. The first-order chi connectivity index (χ1) is 12.2. The number of hydrogen-bond acceptors (Lipinski definition) is 3. The molecule has 1 aliphatic heterocycles. The van der Waals surface area contributed by atoms with Crippen molar-refractivity contribution in [3.8, 4) is 11.3 Å². The summed E-state index contributed by atoms with van der Waals surface area (Å²) in [5.74, 6) is 0.683. The zero-order valence-electron chi connectivity index (χ0n) is 14.5. The van der Waals surface area contributed by atoms with Crippen LogP contribution in [0.3, 0.4) is 0 Å². The van der Waals surface area contributed by atoms with Crippen LogP contribution in [0, 0.1) is 17.7 Å². The lowest BCUT2D eigenvalue weighted by Gasteiger charge is -2.23. The summed E-state index contributed by atoms with van der Waals surface area (Å²) >= 11 is 0. The average Bonchev–Trinajstić information content (AvgIpc) is 2.90. The number of H-pyrrole nitrogens is 1. The fourth-order valence-corrected chi connectivity index (χ4v) is 3.56. The summed E-state index contributed by atoms with van der Waals surface area (Å²) in [4.78, 5) is 12.7. The van der Waals surface area contributed by atoms with Crippen molar-refractivity contribution < 1.29 is 9.18 Å². The Morgan fingerprint density at radius 1 is 1.32 bits per heavy atom. The maximum atomic E-state index is 13.0.